The second-order valence-corrected chi connectivity index (χ2v) is 4.17. The predicted octanol–water partition coefficient (Wildman–Crippen LogP) is 1.50. The van der Waals surface area contributed by atoms with Gasteiger partial charge in [0.15, 0.2) is 5.79 Å². The maximum atomic E-state index is 5.94. The van der Waals surface area contributed by atoms with Gasteiger partial charge in [-0.3, -0.25) is 0 Å². The molecule has 3 heteroatoms. The van der Waals surface area contributed by atoms with Crippen molar-refractivity contribution in [3.05, 3.63) is 6.92 Å². The van der Waals surface area contributed by atoms with Gasteiger partial charge in [-0.05, 0) is 12.8 Å². The van der Waals surface area contributed by atoms with Crippen LogP contribution < -0.4 is 0 Å². The van der Waals surface area contributed by atoms with Gasteiger partial charge >= 0.3 is 0 Å². The third-order valence-corrected chi connectivity index (χ3v) is 3.15. The van der Waals surface area contributed by atoms with E-state index < -0.39 is 5.79 Å². The topological polar surface area (TPSA) is 27.7 Å². The Hall–Kier alpha value is -0.120. The number of rotatable bonds is 2. The van der Waals surface area contributed by atoms with E-state index in [-0.39, 0.29) is 5.92 Å². The minimum absolute atomic E-state index is 0.190. The molecule has 1 spiro atoms. The third-order valence-electron chi connectivity index (χ3n) is 3.15. The third kappa shape index (κ3) is 1.95. The molecule has 0 aliphatic carbocycles. The van der Waals surface area contributed by atoms with Crippen molar-refractivity contribution in [1.29, 1.82) is 0 Å². The summed E-state index contributed by atoms with van der Waals surface area (Å²) in [6.45, 7) is 10.8. The van der Waals surface area contributed by atoms with Gasteiger partial charge in [0.05, 0.1) is 19.8 Å². The van der Waals surface area contributed by atoms with Crippen molar-refractivity contribution >= 4 is 0 Å². The Morgan fingerprint density at radius 2 is 2.14 bits per heavy atom. The first-order valence-electron chi connectivity index (χ1n) is 5.37. The SMILES string of the molecule is [CH]C(CC)C1COC2(CCOC2)OC1. The van der Waals surface area contributed by atoms with E-state index in [9.17, 15) is 0 Å². The molecule has 1 atom stereocenters. The summed E-state index contributed by atoms with van der Waals surface area (Å²) < 4.78 is 16.7. The molecule has 0 saturated carbocycles. The Morgan fingerprint density at radius 1 is 1.43 bits per heavy atom. The maximum absolute atomic E-state index is 5.94. The average Bonchev–Trinajstić information content (AvgIpc) is 2.67. The molecule has 0 bridgehead atoms. The number of hydrogen-bond acceptors (Lipinski definition) is 3. The van der Waals surface area contributed by atoms with E-state index in [2.05, 4.69) is 6.92 Å². The summed E-state index contributed by atoms with van der Waals surface area (Å²) in [5.41, 5.74) is 0. The van der Waals surface area contributed by atoms with Crippen LogP contribution in [0.2, 0.25) is 0 Å². The van der Waals surface area contributed by atoms with Crippen molar-refractivity contribution in [2.75, 3.05) is 26.4 Å². The lowest BCUT2D eigenvalue weighted by Gasteiger charge is -2.38. The second kappa shape index (κ2) is 4.17. The zero-order chi connectivity index (χ0) is 10.0. The standard InChI is InChI=1S/C11H18O3/c1-3-9(2)10-6-13-11(14-7-10)4-5-12-8-11/h2,9-10H,3-8H2,1H3. The zero-order valence-electron chi connectivity index (χ0n) is 8.70. The van der Waals surface area contributed by atoms with Crippen molar-refractivity contribution in [3.8, 4) is 0 Å². The van der Waals surface area contributed by atoms with Crippen LogP contribution in [-0.4, -0.2) is 32.2 Å². The Bertz CT molecular complexity index is 177. The first-order valence-corrected chi connectivity index (χ1v) is 5.37. The summed E-state index contributed by atoms with van der Waals surface area (Å²) in [6.07, 6.45) is 1.82. The van der Waals surface area contributed by atoms with Crippen LogP contribution in [0.5, 0.6) is 0 Å². The lowest BCUT2D eigenvalue weighted by atomic mass is 9.92. The fourth-order valence-electron chi connectivity index (χ4n) is 1.94. The van der Waals surface area contributed by atoms with Crippen LogP contribution in [0, 0.1) is 18.8 Å². The van der Waals surface area contributed by atoms with Crippen LogP contribution in [0.4, 0.5) is 0 Å². The van der Waals surface area contributed by atoms with Crippen molar-refractivity contribution < 1.29 is 14.2 Å². The molecule has 2 saturated heterocycles. The zero-order valence-corrected chi connectivity index (χ0v) is 8.70. The van der Waals surface area contributed by atoms with Gasteiger partial charge in [0.1, 0.15) is 6.61 Å². The van der Waals surface area contributed by atoms with E-state index >= 15 is 0 Å². The quantitative estimate of drug-likeness (QED) is 0.673. The smallest absolute Gasteiger partial charge is 0.193 e. The highest BCUT2D eigenvalue weighted by Gasteiger charge is 2.41. The predicted molar refractivity (Wildman–Crippen MR) is 51.6 cm³/mol. The molecular formula is C11H18O3. The fourth-order valence-corrected chi connectivity index (χ4v) is 1.94. The van der Waals surface area contributed by atoms with E-state index in [0.29, 0.717) is 25.7 Å². The van der Waals surface area contributed by atoms with Crippen LogP contribution in [0.25, 0.3) is 0 Å². The average molecular weight is 198 g/mol. The minimum atomic E-state index is -0.441. The molecule has 2 heterocycles. The molecule has 80 valence electrons. The van der Waals surface area contributed by atoms with E-state index in [1.807, 2.05) is 0 Å². The Morgan fingerprint density at radius 3 is 2.64 bits per heavy atom. The molecule has 0 amide bonds. The van der Waals surface area contributed by atoms with Gasteiger partial charge in [-0.1, -0.05) is 13.3 Å². The lowest BCUT2D eigenvalue weighted by Crippen LogP contribution is -2.46. The monoisotopic (exact) mass is 198 g/mol. The highest BCUT2D eigenvalue weighted by Crippen LogP contribution is 2.32. The van der Waals surface area contributed by atoms with E-state index in [1.165, 1.54) is 0 Å². The summed E-state index contributed by atoms with van der Waals surface area (Å²) in [5.74, 6) is 0.0881. The molecule has 2 aliphatic heterocycles. The Kier molecular flexibility index (Phi) is 3.10. The molecule has 1 unspecified atom stereocenters. The first kappa shape index (κ1) is 10.4. The summed E-state index contributed by atoms with van der Waals surface area (Å²) in [6, 6.07) is 0. The fraction of sp³-hybridized carbons (Fsp3) is 0.909. The van der Waals surface area contributed by atoms with Crippen molar-refractivity contribution in [2.24, 2.45) is 11.8 Å². The Balaban J connectivity index is 1.85. The van der Waals surface area contributed by atoms with E-state index in [4.69, 9.17) is 21.1 Å². The summed E-state index contributed by atoms with van der Waals surface area (Å²) in [7, 11) is 0. The van der Waals surface area contributed by atoms with E-state index in [0.717, 1.165) is 19.4 Å². The largest absolute Gasteiger partial charge is 0.376 e. The van der Waals surface area contributed by atoms with Crippen molar-refractivity contribution in [2.45, 2.75) is 25.6 Å². The van der Waals surface area contributed by atoms with Crippen LogP contribution in [0.15, 0.2) is 0 Å². The molecule has 2 fully saturated rings. The molecule has 14 heavy (non-hydrogen) atoms. The van der Waals surface area contributed by atoms with Crippen molar-refractivity contribution in [1.82, 2.24) is 0 Å². The second-order valence-electron chi connectivity index (χ2n) is 4.17. The number of ether oxygens (including phenoxy) is 3. The van der Waals surface area contributed by atoms with Crippen LogP contribution in [0.3, 0.4) is 0 Å². The molecule has 2 aliphatic rings. The molecule has 0 aromatic heterocycles. The van der Waals surface area contributed by atoms with Gasteiger partial charge in [0, 0.05) is 12.3 Å². The van der Waals surface area contributed by atoms with Gasteiger partial charge in [-0.2, -0.15) is 0 Å². The normalized spacial score (nSPS) is 40.3. The lowest BCUT2D eigenvalue weighted by molar-refractivity contribution is -0.282. The summed E-state index contributed by atoms with van der Waals surface area (Å²) >= 11 is 0. The highest BCUT2D eigenvalue weighted by molar-refractivity contribution is 4.82. The molecular weight excluding hydrogens is 180 g/mol. The first-order chi connectivity index (χ1) is 6.76. The van der Waals surface area contributed by atoms with Gasteiger partial charge in [-0.15, -0.1) is 0 Å². The van der Waals surface area contributed by atoms with Crippen LogP contribution >= 0.6 is 0 Å². The van der Waals surface area contributed by atoms with Gasteiger partial charge in [-0.25, -0.2) is 0 Å². The van der Waals surface area contributed by atoms with Crippen LogP contribution in [0.1, 0.15) is 19.8 Å². The number of hydrogen-bond donors (Lipinski definition) is 0. The van der Waals surface area contributed by atoms with Crippen molar-refractivity contribution in [3.63, 3.8) is 0 Å². The van der Waals surface area contributed by atoms with Gasteiger partial charge in [0.2, 0.25) is 0 Å². The summed E-state index contributed by atoms with van der Waals surface area (Å²) in [4.78, 5) is 0. The Labute approximate surface area is 85.7 Å². The molecule has 2 radical (unpaired) electrons. The molecule has 0 aromatic carbocycles. The molecule has 3 nitrogen and oxygen atoms in total. The molecule has 2 rings (SSSR count). The van der Waals surface area contributed by atoms with E-state index in [1.54, 1.807) is 0 Å². The maximum Gasteiger partial charge on any atom is 0.193 e. The molecule has 0 aromatic rings. The van der Waals surface area contributed by atoms with Gasteiger partial charge in [0.25, 0.3) is 0 Å². The molecule has 0 N–H and O–H groups in total. The van der Waals surface area contributed by atoms with Gasteiger partial charge < -0.3 is 14.2 Å². The summed E-state index contributed by atoms with van der Waals surface area (Å²) in [5, 5.41) is 0. The highest BCUT2D eigenvalue weighted by atomic mass is 16.7. The minimum Gasteiger partial charge on any atom is -0.376 e. The van der Waals surface area contributed by atoms with Crippen LogP contribution in [-0.2, 0) is 14.2 Å².